The van der Waals surface area contributed by atoms with Crippen molar-refractivity contribution in [3.63, 3.8) is 0 Å². The van der Waals surface area contributed by atoms with Gasteiger partial charge in [0, 0.05) is 5.39 Å². The summed E-state index contributed by atoms with van der Waals surface area (Å²) in [5, 5.41) is 10.2. The van der Waals surface area contributed by atoms with E-state index in [-0.39, 0.29) is 5.97 Å². The highest BCUT2D eigenvalue weighted by Crippen LogP contribution is 2.46. The van der Waals surface area contributed by atoms with Gasteiger partial charge in [-0.3, -0.25) is 0 Å². The summed E-state index contributed by atoms with van der Waals surface area (Å²) in [6, 6.07) is 2.15. The molecule has 0 aliphatic carbocycles. The van der Waals surface area contributed by atoms with Crippen molar-refractivity contribution in [3.8, 4) is 6.07 Å². The Bertz CT molecular complexity index is 745. The molecule has 0 aliphatic rings. The number of carbonyl (C=O) groups is 1. The van der Waals surface area contributed by atoms with Gasteiger partial charge in [-0.15, -0.1) is 22.7 Å². The summed E-state index contributed by atoms with van der Waals surface area (Å²) in [5.41, 5.74) is 0.408. The number of nitrogens with zero attached hydrogens (tertiary/aromatic N) is 1. The van der Waals surface area contributed by atoms with Crippen molar-refractivity contribution in [1.29, 1.82) is 5.26 Å². The van der Waals surface area contributed by atoms with Gasteiger partial charge in [-0.25, -0.2) is 4.79 Å². The fourth-order valence-corrected chi connectivity index (χ4v) is 6.89. The average Bonchev–Trinajstić information content (AvgIpc) is 3.05. The van der Waals surface area contributed by atoms with Crippen LogP contribution in [-0.2, 0) is 4.74 Å². The second kappa shape index (κ2) is 8.61. The molecule has 0 spiro atoms. The van der Waals surface area contributed by atoms with E-state index < -0.39 is 0 Å². The van der Waals surface area contributed by atoms with E-state index in [4.69, 9.17) is 4.74 Å². The third-order valence-electron chi connectivity index (χ3n) is 3.75. The number of rotatable bonds is 7. The van der Waals surface area contributed by atoms with E-state index in [9.17, 15) is 10.1 Å². The second-order valence-electron chi connectivity index (χ2n) is 5.29. The van der Waals surface area contributed by atoms with Gasteiger partial charge in [0.15, 0.2) is 0 Å². The molecule has 0 radical (unpaired) electrons. The smallest absolute Gasteiger partial charge is 0.349 e. The predicted octanol–water partition coefficient (Wildman–Crippen LogP) is 6.73. The van der Waals surface area contributed by atoms with Crippen molar-refractivity contribution in [2.75, 3.05) is 6.61 Å². The molecule has 3 nitrogen and oxygen atoms in total. The predicted molar refractivity (Wildman–Crippen MR) is 103 cm³/mol. The van der Waals surface area contributed by atoms with Crippen LogP contribution < -0.4 is 0 Å². The van der Waals surface area contributed by atoms with Gasteiger partial charge in [0.25, 0.3) is 0 Å². The van der Waals surface area contributed by atoms with E-state index in [2.05, 4.69) is 51.8 Å². The molecular formula is C16H17Br2NO2S2. The monoisotopic (exact) mass is 477 g/mol. The number of esters is 1. The van der Waals surface area contributed by atoms with Crippen LogP contribution in [0.5, 0.6) is 0 Å². The minimum Gasteiger partial charge on any atom is -0.461 e. The Balaban J connectivity index is 2.18. The first-order valence-electron chi connectivity index (χ1n) is 7.50. The molecule has 2 aromatic heterocycles. The van der Waals surface area contributed by atoms with Crippen LogP contribution in [0.2, 0.25) is 0 Å². The zero-order valence-corrected chi connectivity index (χ0v) is 17.8. The van der Waals surface area contributed by atoms with Crippen molar-refractivity contribution in [2.45, 2.75) is 39.5 Å². The third kappa shape index (κ3) is 4.16. The zero-order valence-electron chi connectivity index (χ0n) is 12.9. The number of unbranched alkanes of at least 4 members (excludes halogenated alkanes) is 1. The van der Waals surface area contributed by atoms with Gasteiger partial charge in [-0.2, -0.15) is 5.26 Å². The molecule has 7 heteroatoms. The first-order chi connectivity index (χ1) is 11.0. The van der Waals surface area contributed by atoms with Crippen molar-refractivity contribution in [1.82, 2.24) is 0 Å². The lowest BCUT2D eigenvalue weighted by Gasteiger charge is -2.14. The molecule has 2 heterocycles. The van der Waals surface area contributed by atoms with Crippen molar-refractivity contribution in [3.05, 3.63) is 18.0 Å². The van der Waals surface area contributed by atoms with E-state index in [1.807, 2.05) is 0 Å². The lowest BCUT2D eigenvalue weighted by atomic mass is 10.0. The van der Waals surface area contributed by atoms with Crippen LogP contribution in [0.15, 0.2) is 7.57 Å². The lowest BCUT2D eigenvalue weighted by molar-refractivity contribution is 0.0433. The zero-order chi connectivity index (χ0) is 17.0. The summed E-state index contributed by atoms with van der Waals surface area (Å²) in [7, 11) is 0. The number of thiophene rings is 2. The van der Waals surface area contributed by atoms with Crippen LogP contribution >= 0.6 is 54.5 Å². The van der Waals surface area contributed by atoms with Gasteiger partial charge < -0.3 is 4.74 Å². The van der Waals surface area contributed by atoms with Crippen LogP contribution in [0.25, 0.3) is 10.1 Å². The van der Waals surface area contributed by atoms with Crippen molar-refractivity contribution < 1.29 is 9.53 Å². The van der Waals surface area contributed by atoms with Gasteiger partial charge >= 0.3 is 5.97 Å². The number of fused-ring (bicyclic) bond motifs is 1. The topological polar surface area (TPSA) is 50.1 Å². The summed E-state index contributed by atoms with van der Waals surface area (Å²) >= 11 is 9.78. The molecule has 0 aromatic carbocycles. The Morgan fingerprint density at radius 2 is 2.04 bits per heavy atom. The van der Waals surface area contributed by atoms with Crippen LogP contribution in [0.1, 0.15) is 54.8 Å². The van der Waals surface area contributed by atoms with Crippen LogP contribution in [0.3, 0.4) is 0 Å². The largest absolute Gasteiger partial charge is 0.461 e. The SMILES string of the molecule is CCCCC(CC)COC(=O)c1sc2c(Br)sc(Br)c2c1C#N. The first-order valence-corrected chi connectivity index (χ1v) is 10.7. The molecule has 1 atom stereocenters. The van der Waals surface area contributed by atoms with E-state index in [1.165, 1.54) is 22.7 Å². The van der Waals surface area contributed by atoms with Gasteiger partial charge in [-0.05, 0) is 44.2 Å². The molecule has 0 fully saturated rings. The van der Waals surface area contributed by atoms with Crippen molar-refractivity contribution >= 4 is 70.6 Å². The quantitative estimate of drug-likeness (QED) is 0.414. The molecule has 0 saturated carbocycles. The Kier molecular flexibility index (Phi) is 7.08. The number of hydrogen-bond acceptors (Lipinski definition) is 5. The van der Waals surface area contributed by atoms with E-state index in [1.54, 1.807) is 0 Å². The molecule has 2 rings (SSSR count). The number of halogens is 2. The normalized spacial score (nSPS) is 12.3. The molecule has 0 amide bonds. The average molecular weight is 479 g/mol. The number of ether oxygens (including phenoxy) is 1. The minimum absolute atomic E-state index is 0.388. The molecule has 0 aliphatic heterocycles. The maximum absolute atomic E-state index is 12.4. The summed E-state index contributed by atoms with van der Waals surface area (Å²) in [4.78, 5) is 12.8. The number of carbonyl (C=O) groups excluding carboxylic acids is 1. The standard InChI is InChI=1S/C16H17Br2NO2S2/c1-3-5-6-9(4-2)8-21-16(20)12-10(7-19)11-13(22-12)15(18)23-14(11)17/h9H,3-6,8H2,1-2H3. The summed E-state index contributed by atoms with van der Waals surface area (Å²) in [6.45, 7) is 4.70. The maximum Gasteiger partial charge on any atom is 0.349 e. The molecule has 23 heavy (non-hydrogen) atoms. The number of hydrogen-bond donors (Lipinski definition) is 0. The summed E-state index contributed by atoms with van der Waals surface area (Å²) in [6.07, 6.45) is 4.36. The lowest BCUT2D eigenvalue weighted by Crippen LogP contribution is -2.14. The van der Waals surface area contributed by atoms with Gasteiger partial charge in [0.2, 0.25) is 0 Å². The fourth-order valence-electron chi connectivity index (χ4n) is 2.34. The summed E-state index contributed by atoms with van der Waals surface area (Å²) in [5.74, 6) is 0.00453. The highest BCUT2D eigenvalue weighted by Gasteiger charge is 2.25. The van der Waals surface area contributed by atoms with Gasteiger partial charge in [0.05, 0.1) is 24.4 Å². The number of nitriles is 1. The Morgan fingerprint density at radius 3 is 2.65 bits per heavy atom. The molecule has 2 aromatic rings. The minimum atomic E-state index is -0.388. The molecule has 124 valence electrons. The molecule has 0 saturated heterocycles. The van der Waals surface area contributed by atoms with Crippen molar-refractivity contribution in [2.24, 2.45) is 5.92 Å². The molecule has 0 N–H and O–H groups in total. The van der Waals surface area contributed by atoms with Gasteiger partial charge in [0.1, 0.15) is 10.9 Å². The summed E-state index contributed by atoms with van der Waals surface area (Å²) < 4.78 is 8.20. The Morgan fingerprint density at radius 1 is 1.30 bits per heavy atom. The second-order valence-corrected chi connectivity index (χ2v) is 9.96. The third-order valence-corrected chi connectivity index (χ3v) is 7.86. The highest BCUT2D eigenvalue weighted by molar-refractivity contribution is 9.12. The Hall–Kier alpha value is -0.420. The van der Waals surface area contributed by atoms with Crippen LogP contribution in [-0.4, -0.2) is 12.6 Å². The molecular weight excluding hydrogens is 462 g/mol. The highest BCUT2D eigenvalue weighted by atomic mass is 79.9. The maximum atomic E-state index is 12.4. The van der Waals surface area contributed by atoms with E-state index in [0.29, 0.717) is 23.0 Å². The van der Waals surface area contributed by atoms with E-state index in [0.717, 1.165) is 43.3 Å². The van der Waals surface area contributed by atoms with Crippen LogP contribution in [0.4, 0.5) is 0 Å². The van der Waals surface area contributed by atoms with Gasteiger partial charge in [-0.1, -0.05) is 33.1 Å². The fraction of sp³-hybridized carbons (Fsp3) is 0.500. The molecule has 1 unspecified atom stereocenters. The van der Waals surface area contributed by atoms with E-state index >= 15 is 0 Å². The Labute approximate surface area is 160 Å². The van der Waals surface area contributed by atoms with Crippen LogP contribution in [0, 0.1) is 17.2 Å². The molecule has 0 bridgehead atoms. The first kappa shape index (κ1) is 18.9.